The van der Waals surface area contributed by atoms with Gasteiger partial charge in [-0.05, 0) is 25.1 Å². The quantitative estimate of drug-likeness (QED) is 0.572. The molecule has 1 atom stereocenters. The zero-order valence-corrected chi connectivity index (χ0v) is 16.5. The molecule has 2 amide bonds. The molecule has 2 aromatic carbocycles. The summed E-state index contributed by atoms with van der Waals surface area (Å²) in [4.78, 5) is 39.5. The fourth-order valence-corrected chi connectivity index (χ4v) is 3.59. The van der Waals surface area contributed by atoms with Gasteiger partial charge in [0.2, 0.25) is 11.8 Å². The lowest BCUT2D eigenvalue weighted by molar-refractivity contribution is -0.384. The van der Waals surface area contributed by atoms with E-state index in [1.165, 1.54) is 25.3 Å². The summed E-state index contributed by atoms with van der Waals surface area (Å²) in [7, 11) is 1.35. The number of aryl methyl sites for hydroxylation is 1. The van der Waals surface area contributed by atoms with E-state index in [2.05, 4.69) is 15.6 Å². The number of aliphatic imine (C=N–C) groups is 1. The van der Waals surface area contributed by atoms with Gasteiger partial charge in [0.25, 0.3) is 5.69 Å². The zero-order chi connectivity index (χ0) is 21.0. The number of anilines is 1. The molecule has 0 spiro atoms. The Morgan fingerprint density at radius 3 is 2.69 bits per heavy atom. The van der Waals surface area contributed by atoms with Gasteiger partial charge in [-0.15, -0.1) is 0 Å². The minimum absolute atomic E-state index is 0.0152. The number of ether oxygens (including phenoxy) is 1. The van der Waals surface area contributed by atoms with Gasteiger partial charge in [-0.25, -0.2) is 4.99 Å². The van der Waals surface area contributed by atoms with Gasteiger partial charge in [0.05, 0.1) is 29.5 Å². The van der Waals surface area contributed by atoms with E-state index in [4.69, 9.17) is 4.74 Å². The molecule has 2 N–H and O–H groups in total. The van der Waals surface area contributed by atoms with E-state index in [1.54, 1.807) is 0 Å². The van der Waals surface area contributed by atoms with Crippen LogP contribution in [0.4, 0.5) is 17.1 Å². The summed E-state index contributed by atoms with van der Waals surface area (Å²) in [5, 5.41) is 15.9. The normalized spacial score (nSPS) is 17.5. The topological polar surface area (TPSA) is 123 Å². The smallest absolute Gasteiger partial charge is 0.273 e. The predicted octanol–water partition coefficient (Wildman–Crippen LogP) is 3.16. The highest BCUT2D eigenvalue weighted by Gasteiger charge is 2.31. The molecule has 1 heterocycles. The lowest BCUT2D eigenvalue weighted by Gasteiger charge is -2.22. The summed E-state index contributed by atoms with van der Waals surface area (Å²) in [6.45, 7) is 1.96. The van der Waals surface area contributed by atoms with Crippen LogP contribution in [0.3, 0.4) is 0 Å². The van der Waals surface area contributed by atoms with Crippen molar-refractivity contribution >= 4 is 45.8 Å². The Hall–Kier alpha value is -3.40. The second kappa shape index (κ2) is 8.74. The lowest BCUT2D eigenvalue weighted by Crippen LogP contribution is -2.41. The standard InChI is InChI=1S/C19H18N4O5S/c1-11-3-5-12(6-4-11)20-19-22-17(24)10-16(29-19)18(25)21-14-8-7-13(23(26)27)9-15(14)28-2/h3-9,16H,10H2,1-2H3,(H,21,25)(H,20,22,24)/t16-/m0/s1. The van der Waals surface area contributed by atoms with Gasteiger partial charge in [-0.2, -0.15) is 0 Å². The van der Waals surface area contributed by atoms with Crippen LogP contribution in [-0.2, 0) is 9.59 Å². The van der Waals surface area contributed by atoms with Crippen molar-refractivity contribution in [2.45, 2.75) is 18.6 Å². The van der Waals surface area contributed by atoms with Crippen LogP contribution in [0.2, 0.25) is 0 Å². The number of amidine groups is 1. The van der Waals surface area contributed by atoms with E-state index in [1.807, 2.05) is 31.2 Å². The van der Waals surface area contributed by atoms with Crippen molar-refractivity contribution in [1.82, 2.24) is 5.32 Å². The third-order valence-corrected chi connectivity index (χ3v) is 5.16. The molecule has 1 aliphatic heterocycles. The van der Waals surface area contributed by atoms with Crippen molar-refractivity contribution in [3.05, 3.63) is 58.1 Å². The molecule has 0 bridgehead atoms. The highest BCUT2D eigenvalue weighted by Crippen LogP contribution is 2.31. The molecular weight excluding hydrogens is 396 g/mol. The molecule has 0 saturated carbocycles. The molecule has 9 nitrogen and oxygen atoms in total. The Morgan fingerprint density at radius 1 is 1.31 bits per heavy atom. The summed E-state index contributed by atoms with van der Waals surface area (Å²) in [6.07, 6.45) is -0.0152. The summed E-state index contributed by atoms with van der Waals surface area (Å²) in [6, 6.07) is 11.3. The molecule has 10 heteroatoms. The third kappa shape index (κ3) is 5.11. The van der Waals surface area contributed by atoms with Gasteiger partial charge < -0.3 is 15.4 Å². The van der Waals surface area contributed by atoms with Gasteiger partial charge >= 0.3 is 0 Å². The average molecular weight is 414 g/mol. The van der Waals surface area contributed by atoms with E-state index in [0.29, 0.717) is 10.9 Å². The number of hydrogen-bond acceptors (Lipinski definition) is 7. The number of carbonyl (C=O) groups excluding carboxylic acids is 2. The van der Waals surface area contributed by atoms with Gasteiger partial charge in [0.1, 0.15) is 11.0 Å². The highest BCUT2D eigenvalue weighted by molar-refractivity contribution is 8.15. The number of amides is 2. The monoisotopic (exact) mass is 414 g/mol. The molecule has 0 radical (unpaired) electrons. The molecule has 29 heavy (non-hydrogen) atoms. The number of nitrogens with one attached hydrogen (secondary N) is 2. The first kappa shape index (κ1) is 20.3. The van der Waals surface area contributed by atoms with Crippen molar-refractivity contribution in [3.8, 4) is 5.75 Å². The largest absolute Gasteiger partial charge is 0.494 e. The maximum absolute atomic E-state index is 12.7. The van der Waals surface area contributed by atoms with Crippen molar-refractivity contribution in [2.24, 2.45) is 4.99 Å². The van der Waals surface area contributed by atoms with Gasteiger partial charge in [-0.3, -0.25) is 19.7 Å². The van der Waals surface area contributed by atoms with Gasteiger partial charge in [0.15, 0.2) is 5.17 Å². The van der Waals surface area contributed by atoms with E-state index in [9.17, 15) is 19.7 Å². The zero-order valence-electron chi connectivity index (χ0n) is 15.7. The lowest BCUT2D eigenvalue weighted by atomic mass is 10.2. The molecule has 150 valence electrons. The van der Waals surface area contributed by atoms with E-state index in [0.717, 1.165) is 17.3 Å². The SMILES string of the molecule is COc1cc([N+](=O)[O-])ccc1NC(=O)[C@@H]1CC(=O)NC(=Nc2ccc(C)cc2)S1. The van der Waals surface area contributed by atoms with Crippen LogP contribution in [0.5, 0.6) is 5.75 Å². The van der Waals surface area contributed by atoms with Crippen LogP contribution in [-0.4, -0.2) is 34.3 Å². The molecule has 0 unspecified atom stereocenters. The van der Waals surface area contributed by atoms with Crippen LogP contribution < -0.4 is 15.4 Å². The first-order valence-electron chi connectivity index (χ1n) is 8.61. The average Bonchev–Trinajstić information content (AvgIpc) is 2.69. The molecule has 1 aliphatic rings. The fraction of sp³-hybridized carbons (Fsp3) is 0.211. The van der Waals surface area contributed by atoms with Crippen LogP contribution in [0.25, 0.3) is 0 Å². The van der Waals surface area contributed by atoms with Crippen LogP contribution in [0, 0.1) is 17.0 Å². The molecule has 2 aromatic rings. The van der Waals surface area contributed by atoms with Gasteiger partial charge in [-0.1, -0.05) is 29.5 Å². The highest BCUT2D eigenvalue weighted by atomic mass is 32.2. The van der Waals surface area contributed by atoms with Crippen molar-refractivity contribution < 1.29 is 19.2 Å². The summed E-state index contributed by atoms with van der Waals surface area (Å²) in [5.74, 6) is -0.578. The number of hydrogen-bond donors (Lipinski definition) is 2. The minimum Gasteiger partial charge on any atom is -0.494 e. The van der Waals surface area contributed by atoms with Crippen molar-refractivity contribution in [1.29, 1.82) is 0 Å². The number of rotatable bonds is 5. The first-order valence-corrected chi connectivity index (χ1v) is 9.49. The van der Waals surface area contributed by atoms with E-state index >= 15 is 0 Å². The number of nitro benzene ring substituents is 1. The Labute approximate surface area is 170 Å². The molecule has 0 aliphatic carbocycles. The number of benzene rings is 2. The van der Waals surface area contributed by atoms with Crippen molar-refractivity contribution in [3.63, 3.8) is 0 Å². The summed E-state index contributed by atoms with van der Waals surface area (Å²) >= 11 is 1.14. The Morgan fingerprint density at radius 2 is 2.03 bits per heavy atom. The molecule has 0 aromatic heterocycles. The number of carbonyl (C=O) groups is 2. The fourth-order valence-electron chi connectivity index (χ4n) is 2.59. The second-order valence-electron chi connectivity index (χ2n) is 6.24. The van der Waals surface area contributed by atoms with E-state index < -0.39 is 16.1 Å². The molecular formula is C19H18N4O5S. The van der Waals surface area contributed by atoms with Crippen LogP contribution >= 0.6 is 11.8 Å². The molecule has 1 fully saturated rings. The number of methoxy groups -OCH3 is 1. The Bertz CT molecular complexity index is 991. The second-order valence-corrected chi connectivity index (χ2v) is 7.43. The van der Waals surface area contributed by atoms with Crippen molar-refractivity contribution in [2.75, 3.05) is 12.4 Å². The molecule has 1 saturated heterocycles. The number of non-ortho nitro benzene ring substituents is 1. The number of nitro groups is 1. The third-order valence-electron chi connectivity index (χ3n) is 4.08. The molecule has 3 rings (SSSR count). The first-order chi connectivity index (χ1) is 13.9. The van der Waals surface area contributed by atoms with E-state index in [-0.39, 0.29) is 29.5 Å². The summed E-state index contributed by atoms with van der Waals surface area (Å²) < 4.78 is 5.13. The van der Waals surface area contributed by atoms with Crippen LogP contribution in [0.15, 0.2) is 47.5 Å². The maximum atomic E-state index is 12.7. The number of thioether (sulfide) groups is 1. The minimum atomic E-state index is -0.701. The predicted molar refractivity (Wildman–Crippen MR) is 111 cm³/mol. The Balaban J connectivity index is 1.76. The summed E-state index contributed by atoms with van der Waals surface area (Å²) in [5.41, 5.74) is 1.88. The number of nitrogens with zero attached hydrogens (tertiary/aromatic N) is 2. The van der Waals surface area contributed by atoms with Crippen LogP contribution in [0.1, 0.15) is 12.0 Å². The Kier molecular flexibility index (Phi) is 6.13. The maximum Gasteiger partial charge on any atom is 0.273 e. The van der Waals surface area contributed by atoms with Gasteiger partial charge in [0, 0.05) is 12.5 Å².